The molecule has 0 saturated heterocycles. The average Bonchev–Trinajstić information content (AvgIpc) is 3.08. The van der Waals surface area contributed by atoms with Gasteiger partial charge in [-0.25, -0.2) is 4.99 Å². The fourth-order valence-electron chi connectivity index (χ4n) is 2.10. The third-order valence-electron chi connectivity index (χ3n) is 3.58. The number of rotatable bonds is 11. The molecule has 2 N–H and O–H groups in total. The number of amides is 1. The van der Waals surface area contributed by atoms with Crippen molar-refractivity contribution >= 4 is 23.2 Å². The highest BCUT2D eigenvalue weighted by Crippen LogP contribution is 2.13. The molecule has 0 saturated carbocycles. The highest BCUT2D eigenvalue weighted by Gasteiger charge is 2.08. The van der Waals surface area contributed by atoms with Gasteiger partial charge in [0, 0.05) is 45.3 Å². The van der Waals surface area contributed by atoms with Crippen molar-refractivity contribution in [2.24, 2.45) is 10.9 Å². The Morgan fingerprint density at radius 1 is 1.40 bits per heavy atom. The first-order valence-corrected chi connectivity index (χ1v) is 9.73. The number of guanidine groups is 1. The summed E-state index contributed by atoms with van der Waals surface area (Å²) in [5.41, 5.74) is 0. The van der Waals surface area contributed by atoms with Crippen LogP contribution in [0.25, 0.3) is 0 Å². The maximum Gasteiger partial charge on any atom is 0.243 e. The number of hydrogen-bond donors (Lipinski definition) is 2. The Morgan fingerprint density at radius 3 is 2.84 bits per heavy atom. The monoisotopic (exact) mass is 368 g/mol. The van der Waals surface area contributed by atoms with E-state index in [0.717, 1.165) is 39.1 Å². The van der Waals surface area contributed by atoms with E-state index in [1.54, 1.807) is 30.3 Å². The van der Waals surface area contributed by atoms with Gasteiger partial charge < -0.3 is 20.3 Å². The lowest BCUT2D eigenvalue weighted by molar-refractivity contribution is -0.127. The lowest BCUT2D eigenvalue weighted by Gasteiger charge is -2.16. The summed E-state index contributed by atoms with van der Waals surface area (Å²) < 4.78 is 5.34. The number of likely N-dealkylation sites (N-methyl/N-ethyl adjacent to an activating group) is 1. The van der Waals surface area contributed by atoms with Crippen LogP contribution in [0.1, 0.15) is 25.1 Å². The van der Waals surface area contributed by atoms with Gasteiger partial charge in [-0.1, -0.05) is 13.0 Å². The lowest BCUT2D eigenvalue weighted by Crippen LogP contribution is -2.41. The molecule has 0 aliphatic heterocycles. The van der Waals surface area contributed by atoms with Crippen molar-refractivity contribution in [2.45, 2.75) is 26.7 Å². The molecule has 0 aromatic carbocycles. The van der Waals surface area contributed by atoms with Crippen LogP contribution in [0, 0.1) is 5.92 Å². The van der Waals surface area contributed by atoms with Crippen LogP contribution in [0.3, 0.4) is 0 Å². The molecule has 1 rings (SSSR count). The van der Waals surface area contributed by atoms with Crippen LogP contribution in [0.15, 0.2) is 22.5 Å². The van der Waals surface area contributed by atoms with Crippen LogP contribution >= 0.6 is 11.3 Å². The van der Waals surface area contributed by atoms with E-state index < -0.39 is 0 Å². The van der Waals surface area contributed by atoms with E-state index in [0.29, 0.717) is 11.9 Å². The molecular weight excluding hydrogens is 336 g/mol. The summed E-state index contributed by atoms with van der Waals surface area (Å²) in [7, 11) is 3.48. The second-order valence-corrected chi connectivity index (χ2v) is 7.23. The molecule has 0 aliphatic carbocycles. The summed E-state index contributed by atoms with van der Waals surface area (Å²) >= 11 is 1.79. The number of carbonyl (C=O) groups is 1. The summed E-state index contributed by atoms with van der Waals surface area (Å²) in [6, 6.07) is 4.25. The average molecular weight is 369 g/mol. The number of nitrogens with zero attached hydrogens (tertiary/aromatic N) is 2. The zero-order valence-corrected chi connectivity index (χ0v) is 16.7. The van der Waals surface area contributed by atoms with Gasteiger partial charge in [0.1, 0.15) is 6.54 Å². The Labute approximate surface area is 155 Å². The molecule has 1 heterocycles. The fourth-order valence-corrected chi connectivity index (χ4v) is 2.97. The molecule has 0 spiro atoms. The summed E-state index contributed by atoms with van der Waals surface area (Å²) in [5, 5.41) is 8.73. The highest BCUT2D eigenvalue weighted by molar-refractivity contribution is 7.09. The van der Waals surface area contributed by atoms with Gasteiger partial charge in [-0.05, 0) is 37.1 Å². The number of hydrogen-bond acceptors (Lipinski definition) is 4. The molecule has 0 aliphatic rings. The number of ether oxygens (including phenoxy) is 1. The minimum Gasteiger partial charge on any atom is -0.382 e. The molecule has 1 aromatic rings. The van der Waals surface area contributed by atoms with Crippen molar-refractivity contribution in [3.63, 3.8) is 0 Å². The van der Waals surface area contributed by atoms with Gasteiger partial charge in [-0.2, -0.15) is 0 Å². The van der Waals surface area contributed by atoms with E-state index in [-0.39, 0.29) is 12.5 Å². The van der Waals surface area contributed by atoms with Crippen LogP contribution in [0.5, 0.6) is 0 Å². The van der Waals surface area contributed by atoms with Gasteiger partial charge >= 0.3 is 0 Å². The van der Waals surface area contributed by atoms with E-state index in [1.165, 1.54) is 4.88 Å². The van der Waals surface area contributed by atoms with E-state index in [4.69, 9.17) is 4.74 Å². The van der Waals surface area contributed by atoms with Crippen molar-refractivity contribution in [3.05, 3.63) is 22.4 Å². The molecule has 142 valence electrons. The molecule has 0 fully saturated rings. The summed E-state index contributed by atoms with van der Waals surface area (Å²) in [6.07, 6.45) is 1.94. The zero-order valence-electron chi connectivity index (χ0n) is 15.9. The Kier molecular flexibility index (Phi) is 10.9. The van der Waals surface area contributed by atoms with Gasteiger partial charge in [0.25, 0.3) is 0 Å². The van der Waals surface area contributed by atoms with E-state index in [1.807, 2.05) is 6.92 Å². The highest BCUT2D eigenvalue weighted by atomic mass is 32.1. The number of nitrogens with one attached hydrogen (secondary N) is 2. The van der Waals surface area contributed by atoms with Crippen molar-refractivity contribution in [3.8, 4) is 0 Å². The molecule has 1 unspecified atom stereocenters. The third kappa shape index (κ3) is 10.1. The molecule has 1 atom stereocenters. The van der Waals surface area contributed by atoms with Gasteiger partial charge in [0.15, 0.2) is 5.96 Å². The first-order valence-electron chi connectivity index (χ1n) is 8.85. The molecule has 0 radical (unpaired) electrons. The number of carbonyl (C=O) groups excluding carboxylic acids is 1. The van der Waals surface area contributed by atoms with E-state index >= 15 is 0 Å². The van der Waals surface area contributed by atoms with Gasteiger partial charge in [0.05, 0.1) is 0 Å². The van der Waals surface area contributed by atoms with Crippen molar-refractivity contribution < 1.29 is 9.53 Å². The summed E-state index contributed by atoms with van der Waals surface area (Å²) in [6.45, 7) is 7.38. The molecule has 1 aromatic heterocycles. The van der Waals surface area contributed by atoms with E-state index in [2.05, 4.69) is 40.1 Å². The van der Waals surface area contributed by atoms with E-state index in [9.17, 15) is 4.79 Å². The maximum absolute atomic E-state index is 11.8. The Hall–Kier alpha value is -1.60. The normalized spacial score (nSPS) is 12.7. The molecule has 0 bridgehead atoms. The van der Waals surface area contributed by atoms with Crippen LogP contribution in [0.4, 0.5) is 0 Å². The fraction of sp³-hybridized carbons (Fsp3) is 0.667. The summed E-state index contributed by atoms with van der Waals surface area (Å²) in [5.74, 6) is 1.16. The van der Waals surface area contributed by atoms with Crippen LogP contribution in [-0.4, -0.2) is 63.7 Å². The molecule has 7 heteroatoms. The summed E-state index contributed by atoms with van der Waals surface area (Å²) in [4.78, 5) is 19.1. The molecule has 6 nitrogen and oxygen atoms in total. The lowest BCUT2D eigenvalue weighted by atomic mass is 10.1. The Bertz CT molecular complexity index is 503. The molecule has 1 amide bonds. The molecular formula is C18H32N4O2S. The SMILES string of the molecule is CCOCCCNC(=NCC(=O)N(C)C)NCC(C)Cc1cccs1. The maximum atomic E-state index is 11.8. The van der Waals surface area contributed by atoms with Crippen molar-refractivity contribution in [2.75, 3.05) is 46.9 Å². The first kappa shape index (κ1) is 21.4. The Balaban J connectivity index is 2.44. The number of thiophene rings is 1. The smallest absolute Gasteiger partial charge is 0.243 e. The second-order valence-electron chi connectivity index (χ2n) is 6.20. The second kappa shape index (κ2) is 12.7. The van der Waals surface area contributed by atoms with Crippen molar-refractivity contribution in [1.29, 1.82) is 0 Å². The predicted octanol–water partition coefficient (Wildman–Crippen LogP) is 1.98. The molecule has 25 heavy (non-hydrogen) atoms. The van der Waals surface area contributed by atoms with Gasteiger partial charge in [-0.15, -0.1) is 11.3 Å². The van der Waals surface area contributed by atoms with Gasteiger partial charge in [0.2, 0.25) is 5.91 Å². The minimum absolute atomic E-state index is 0.0120. The van der Waals surface area contributed by atoms with Crippen molar-refractivity contribution in [1.82, 2.24) is 15.5 Å². The first-order chi connectivity index (χ1) is 12.0. The predicted molar refractivity (Wildman–Crippen MR) is 105 cm³/mol. The van der Waals surface area contributed by atoms with Crippen LogP contribution in [0.2, 0.25) is 0 Å². The van der Waals surface area contributed by atoms with Gasteiger partial charge in [-0.3, -0.25) is 4.79 Å². The van der Waals surface area contributed by atoms with Crippen LogP contribution < -0.4 is 10.6 Å². The topological polar surface area (TPSA) is 66.0 Å². The Morgan fingerprint density at radius 2 is 2.20 bits per heavy atom. The zero-order chi connectivity index (χ0) is 18.5. The quantitative estimate of drug-likeness (QED) is 0.356. The minimum atomic E-state index is -0.0120. The largest absolute Gasteiger partial charge is 0.382 e. The van der Waals surface area contributed by atoms with Crippen LogP contribution in [-0.2, 0) is 16.0 Å². The standard InChI is InChI=1S/C18H32N4O2S/c1-5-24-10-7-9-19-18(21-14-17(23)22(3)4)20-13-15(2)12-16-8-6-11-25-16/h6,8,11,15H,5,7,9-10,12-14H2,1-4H3,(H2,19,20,21). The number of aliphatic imine (C=N–C) groups is 1. The third-order valence-corrected chi connectivity index (χ3v) is 4.48.